The number of hydrogen-bond acceptors (Lipinski definition) is 2. The molecule has 0 radical (unpaired) electrons. The molecule has 0 fully saturated rings. The summed E-state index contributed by atoms with van der Waals surface area (Å²) in [5.41, 5.74) is 3.56. The number of alkyl halides is 1. The lowest BCUT2D eigenvalue weighted by molar-refractivity contribution is 0.416. The Labute approximate surface area is 124 Å². The fourth-order valence-electron chi connectivity index (χ4n) is 1.79. The van der Waals surface area contributed by atoms with Crippen molar-refractivity contribution in [2.45, 2.75) is 30.6 Å². The van der Waals surface area contributed by atoms with Crippen molar-refractivity contribution in [3.8, 4) is 5.75 Å². The van der Waals surface area contributed by atoms with E-state index >= 15 is 0 Å². The van der Waals surface area contributed by atoms with Crippen LogP contribution < -0.4 is 10.1 Å². The third-order valence-corrected chi connectivity index (χ3v) is 3.56. The smallest absolute Gasteiger partial charge is 0.142 e. The Bertz CT molecular complexity index is 413. The zero-order valence-electron chi connectivity index (χ0n) is 11.6. The van der Waals surface area contributed by atoms with Crippen LogP contribution in [0, 0.1) is 0 Å². The average Bonchev–Trinajstić information content (AvgIpc) is 2.37. The maximum absolute atomic E-state index is 5.38. The predicted octanol–water partition coefficient (Wildman–Crippen LogP) is 4.74. The minimum Gasteiger partial charge on any atom is -0.495 e. The molecule has 1 rings (SSSR count). The summed E-state index contributed by atoms with van der Waals surface area (Å²) in [4.78, 5) is 0. The molecule has 1 unspecified atom stereocenters. The van der Waals surface area contributed by atoms with Gasteiger partial charge in [-0.2, -0.15) is 0 Å². The molecule has 0 aromatic heterocycles. The summed E-state index contributed by atoms with van der Waals surface area (Å²) in [6.45, 7) is 4.40. The van der Waals surface area contributed by atoms with Gasteiger partial charge in [-0.3, -0.25) is 0 Å². The molecule has 100 valence electrons. The summed E-state index contributed by atoms with van der Waals surface area (Å²) in [5, 5.41) is 3.13. The van der Waals surface area contributed by atoms with Crippen LogP contribution in [0.1, 0.15) is 32.3 Å². The molecule has 0 aliphatic rings. The van der Waals surface area contributed by atoms with Crippen LogP contribution in [0.5, 0.6) is 5.75 Å². The molecule has 0 saturated carbocycles. The van der Waals surface area contributed by atoms with Crippen LogP contribution >= 0.6 is 22.6 Å². The van der Waals surface area contributed by atoms with Gasteiger partial charge in [0.2, 0.25) is 0 Å². The third-order valence-electron chi connectivity index (χ3n) is 2.94. The number of nitrogens with one attached hydrogen (secondary N) is 1. The number of halogens is 1. The number of anilines is 1. The number of methoxy groups -OCH3 is 1. The predicted molar refractivity (Wildman–Crippen MR) is 88.9 cm³/mol. The Hall–Kier alpha value is -0.710. The molecule has 1 atom stereocenters. The van der Waals surface area contributed by atoms with Gasteiger partial charge in [-0.25, -0.2) is 0 Å². The highest BCUT2D eigenvalue weighted by Gasteiger charge is 2.04. The highest BCUT2D eigenvalue weighted by Crippen LogP contribution is 2.28. The molecule has 0 aliphatic heterocycles. The van der Waals surface area contributed by atoms with Crippen LogP contribution in [0.4, 0.5) is 5.69 Å². The van der Waals surface area contributed by atoms with E-state index in [1.54, 1.807) is 7.11 Å². The molecular weight excluding hydrogens is 337 g/mol. The molecule has 1 aromatic carbocycles. The number of ether oxygens (including phenoxy) is 1. The van der Waals surface area contributed by atoms with E-state index in [9.17, 15) is 0 Å². The Morgan fingerprint density at radius 1 is 1.50 bits per heavy atom. The topological polar surface area (TPSA) is 21.3 Å². The largest absolute Gasteiger partial charge is 0.495 e. The van der Waals surface area contributed by atoms with Gasteiger partial charge in [0.15, 0.2) is 0 Å². The van der Waals surface area contributed by atoms with Gasteiger partial charge in [0.05, 0.1) is 12.8 Å². The summed E-state index contributed by atoms with van der Waals surface area (Å²) in [6, 6.07) is 6.28. The molecule has 1 N–H and O–H groups in total. The molecule has 2 nitrogen and oxygen atoms in total. The first-order chi connectivity index (χ1) is 8.58. The minimum atomic E-state index is 0.729. The fraction of sp³-hybridized carbons (Fsp3) is 0.467. The van der Waals surface area contributed by atoms with E-state index in [1.807, 2.05) is 7.05 Å². The molecular formula is C15H22INO. The maximum Gasteiger partial charge on any atom is 0.142 e. The summed E-state index contributed by atoms with van der Waals surface area (Å²) < 4.78 is 6.11. The van der Waals surface area contributed by atoms with Gasteiger partial charge in [0, 0.05) is 11.0 Å². The van der Waals surface area contributed by atoms with Crippen LogP contribution in [-0.2, 0) is 0 Å². The molecule has 3 heteroatoms. The number of hydrogen-bond donors (Lipinski definition) is 1. The number of benzene rings is 1. The highest BCUT2D eigenvalue weighted by atomic mass is 127. The Kier molecular flexibility index (Phi) is 6.54. The van der Waals surface area contributed by atoms with Crippen LogP contribution in [0.25, 0.3) is 5.57 Å². The maximum atomic E-state index is 5.38. The summed E-state index contributed by atoms with van der Waals surface area (Å²) in [5.74, 6) is 0.894. The molecule has 0 amide bonds. The van der Waals surface area contributed by atoms with Crippen molar-refractivity contribution < 1.29 is 4.74 Å². The van der Waals surface area contributed by atoms with E-state index in [2.05, 4.69) is 66.0 Å². The third kappa shape index (κ3) is 4.52. The lowest BCUT2D eigenvalue weighted by Gasteiger charge is -2.10. The quantitative estimate of drug-likeness (QED) is 0.585. The Morgan fingerprint density at radius 3 is 2.78 bits per heavy atom. The van der Waals surface area contributed by atoms with Crippen molar-refractivity contribution in [2.24, 2.45) is 0 Å². The lowest BCUT2D eigenvalue weighted by atomic mass is 10.0. The van der Waals surface area contributed by atoms with Crippen LogP contribution in [0.2, 0.25) is 0 Å². The molecule has 0 saturated heterocycles. The highest BCUT2D eigenvalue weighted by molar-refractivity contribution is 14.1. The van der Waals surface area contributed by atoms with E-state index in [-0.39, 0.29) is 0 Å². The van der Waals surface area contributed by atoms with Crippen LogP contribution in [0.3, 0.4) is 0 Å². The van der Waals surface area contributed by atoms with Crippen LogP contribution in [0.15, 0.2) is 24.3 Å². The normalized spacial score (nSPS) is 13.3. The second-order valence-electron chi connectivity index (χ2n) is 4.41. The summed E-state index contributed by atoms with van der Waals surface area (Å²) in [6.07, 6.45) is 4.67. The molecule has 0 heterocycles. The molecule has 1 aromatic rings. The Morgan fingerprint density at radius 2 is 2.22 bits per heavy atom. The average molecular weight is 359 g/mol. The van der Waals surface area contributed by atoms with Crippen molar-refractivity contribution >= 4 is 33.9 Å². The molecule has 0 spiro atoms. The minimum absolute atomic E-state index is 0.729. The molecule has 0 bridgehead atoms. The first-order valence-corrected chi connectivity index (χ1v) is 7.50. The zero-order chi connectivity index (χ0) is 13.5. The van der Waals surface area contributed by atoms with Gasteiger partial charge < -0.3 is 10.1 Å². The van der Waals surface area contributed by atoms with Gasteiger partial charge in [-0.1, -0.05) is 41.7 Å². The first-order valence-electron chi connectivity index (χ1n) is 6.25. The number of rotatable bonds is 6. The molecule has 0 aliphatic carbocycles. The van der Waals surface area contributed by atoms with E-state index in [1.165, 1.54) is 17.6 Å². The first kappa shape index (κ1) is 15.3. The van der Waals surface area contributed by atoms with Crippen molar-refractivity contribution in [1.29, 1.82) is 0 Å². The SMILES string of the molecule is CNc1ccc(/C(C)=C\CCC(C)I)cc1OC. The summed E-state index contributed by atoms with van der Waals surface area (Å²) in [7, 11) is 3.61. The lowest BCUT2D eigenvalue weighted by Crippen LogP contribution is -1.94. The van der Waals surface area contributed by atoms with E-state index < -0.39 is 0 Å². The van der Waals surface area contributed by atoms with Gasteiger partial charge in [-0.05, 0) is 43.0 Å². The van der Waals surface area contributed by atoms with Crippen molar-refractivity contribution in [1.82, 2.24) is 0 Å². The van der Waals surface area contributed by atoms with E-state index in [4.69, 9.17) is 4.74 Å². The second kappa shape index (κ2) is 7.67. The van der Waals surface area contributed by atoms with E-state index in [0.717, 1.165) is 21.8 Å². The fourth-order valence-corrected chi connectivity index (χ4v) is 2.15. The van der Waals surface area contributed by atoms with Gasteiger partial charge in [0.1, 0.15) is 5.75 Å². The second-order valence-corrected chi connectivity index (χ2v) is 6.54. The summed E-state index contributed by atoms with van der Waals surface area (Å²) >= 11 is 2.47. The molecule has 18 heavy (non-hydrogen) atoms. The van der Waals surface area contributed by atoms with Gasteiger partial charge in [0.25, 0.3) is 0 Å². The number of allylic oxidation sites excluding steroid dienone is 2. The standard InChI is InChI=1S/C15H22INO/c1-11(6-5-7-12(2)16)13-8-9-14(17-3)15(10-13)18-4/h6,8-10,12,17H,5,7H2,1-4H3/b11-6-. The van der Waals surface area contributed by atoms with Crippen LogP contribution in [-0.4, -0.2) is 18.1 Å². The van der Waals surface area contributed by atoms with Crippen molar-refractivity contribution in [3.63, 3.8) is 0 Å². The van der Waals surface area contributed by atoms with Gasteiger partial charge >= 0.3 is 0 Å². The van der Waals surface area contributed by atoms with Crippen molar-refractivity contribution in [3.05, 3.63) is 29.8 Å². The van der Waals surface area contributed by atoms with Crippen molar-refractivity contribution in [2.75, 3.05) is 19.5 Å². The monoisotopic (exact) mass is 359 g/mol. The van der Waals surface area contributed by atoms with E-state index in [0.29, 0.717) is 0 Å². The van der Waals surface area contributed by atoms with Gasteiger partial charge in [-0.15, -0.1) is 0 Å². The Balaban J connectivity index is 2.82. The zero-order valence-corrected chi connectivity index (χ0v) is 13.7.